The first-order chi connectivity index (χ1) is 9.19. The minimum Gasteiger partial charge on any atom is -0.399 e. The molecule has 0 spiro atoms. The van der Waals surface area contributed by atoms with Gasteiger partial charge in [0.25, 0.3) is 0 Å². The van der Waals surface area contributed by atoms with E-state index < -0.39 is 0 Å². The maximum atomic E-state index is 11.8. The van der Waals surface area contributed by atoms with E-state index in [0.29, 0.717) is 31.2 Å². The predicted molar refractivity (Wildman–Crippen MR) is 75.8 cm³/mol. The van der Waals surface area contributed by atoms with Gasteiger partial charge in [0.2, 0.25) is 5.91 Å². The number of aliphatic hydroxyl groups excluding tert-OH is 1. The second-order valence-electron chi connectivity index (χ2n) is 4.91. The number of rotatable bonds is 7. The molecule has 0 heterocycles. The fraction of sp³-hybridized carbons (Fsp3) is 0.500. The van der Waals surface area contributed by atoms with Crippen molar-refractivity contribution < 1.29 is 9.90 Å². The summed E-state index contributed by atoms with van der Waals surface area (Å²) < 4.78 is 0. The van der Waals surface area contributed by atoms with Crippen LogP contribution >= 0.6 is 0 Å². The molecule has 1 aliphatic carbocycles. The predicted octanol–water partition coefficient (Wildman–Crippen LogP) is 1.05. The molecule has 19 heavy (non-hydrogen) atoms. The van der Waals surface area contributed by atoms with Crippen LogP contribution in [0.3, 0.4) is 0 Å². The lowest BCUT2D eigenvalue weighted by Gasteiger charge is -2.20. The Morgan fingerprint density at radius 2 is 2.21 bits per heavy atom. The van der Waals surface area contributed by atoms with Gasteiger partial charge < -0.3 is 16.2 Å². The standard InChI is InChI=1S/C14H21N3O2/c15-11-2-1-3-12(10-11)16-14(19)6-7-17(8-9-18)13-4-5-13/h1-3,10,13,18H,4-9,15H2,(H,16,19). The van der Waals surface area contributed by atoms with Gasteiger partial charge in [0.1, 0.15) is 0 Å². The van der Waals surface area contributed by atoms with Crippen molar-refractivity contribution in [2.75, 3.05) is 30.7 Å². The van der Waals surface area contributed by atoms with Crippen molar-refractivity contribution in [1.82, 2.24) is 4.90 Å². The van der Waals surface area contributed by atoms with Gasteiger partial charge in [-0.2, -0.15) is 0 Å². The summed E-state index contributed by atoms with van der Waals surface area (Å²) in [5.74, 6) is -0.0193. The van der Waals surface area contributed by atoms with Gasteiger partial charge >= 0.3 is 0 Å². The Labute approximate surface area is 113 Å². The molecule has 104 valence electrons. The van der Waals surface area contributed by atoms with E-state index in [1.54, 1.807) is 12.1 Å². The van der Waals surface area contributed by atoms with Crippen LogP contribution < -0.4 is 11.1 Å². The van der Waals surface area contributed by atoms with E-state index in [4.69, 9.17) is 10.8 Å². The van der Waals surface area contributed by atoms with Crippen LogP contribution in [0.1, 0.15) is 19.3 Å². The second-order valence-corrected chi connectivity index (χ2v) is 4.91. The SMILES string of the molecule is Nc1cccc(NC(=O)CCN(CCO)C2CC2)c1. The van der Waals surface area contributed by atoms with Crippen molar-refractivity contribution >= 4 is 17.3 Å². The number of benzene rings is 1. The third-order valence-electron chi connectivity index (χ3n) is 3.25. The van der Waals surface area contributed by atoms with Gasteiger partial charge in [-0.1, -0.05) is 6.07 Å². The Balaban J connectivity index is 1.77. The van der Waals surface area contributed by atoms with E-state index in [1.807, 2.05) is 12.1 Å². The minimum absolute atomic E-state index is 0.0193. The van der Waals surface area contributed by atoms with Crippen molar-refractivity contribution in [3.63, 3.8) is 0 Å². The summed E-state index contributed by atoms with van der Waals surface area (Å²) in [6.45, 7) is 1.49. The molecule has 1 saturated carbocycles. The molecule has 1 fully saturated rings. The van der Waals surface area contributed by atoms with Crippen LogP contribution in [0.25, 0.3) is 0 Å². The average molecular weight is 263 g/mol. The van der Waals surface area contributed by atoms with Crippen molar-refractivity contribution in [2.45, 2.75) is 25.3 Å². The molecule has 0 atom stereocenters. The molecule has 0 aliphatic heterocycles. The highest BCUT2D eigenvalue weighted by Gasteiger charge is 2.28. The molecule has 0 saturated heterocycles. The third-order valence-corrected chi connectivity index (χ3v) is 3.25. The third kappa shape index (κ3) is 4.54. The normalized spacial score (nSPS) is 14.6. The fourth-order valence-electron chi connectivity index (χ4n) is 2.13. The van der Waals surface area contributed by atoms with Crippen molar-refractivity contribution in [3.8, 4) is 0 Å². The molecule has 1 amide bonds. The minimum atomic E-state index is -0.0193. The monoisotopic (exact) mass is 263 g/mol. The maximum Gasteiger partial charge on any atom is 0.225 e. The van der Waals surface area contributed by atoms with Crippen LogP contribution in [0.2, 0.25) is 0 Å². The van der Waals surface area contributed by atoms with Crippen LogP contribution in [-0.4, -0.2) is 41.7 Å². The molecule has 5 heteroatoms. The first-order valence-electron chi connectivity index (χ1n) is 6.69. The number of aliphatic hydroxyl groups is 1. The smallest absolute Gasteiger partial charge is 0.225 e. The molecular formula is C14H21N3O2. The summed E-state index contributed by atoms with van der Waals surface area (Å²) in [5.41, 5.74) is 7.02. The van der Waals surface area contributed by atoms with Crippen LogP contribution in [0.5, 0.6) is 0 Å². The number of amides is 1. The maximum absolute atomic E-state index is 11.8. The van der Waals surface area contributed by atoms with E-state index >= 15 is 0 Å². The molecule has 2 rings (SSSR count). The Bertz CT molecular complexity index is 432. The van der Waals surface area contributed by atoms with Crippen LogP contribution in [-0.2, 0) is 4.79 Å². The van der Waals surface area contributed by atoms with E-state index in [2.05, 4.69) is 10.2 Å². The Kier molecular flexibility index (Phi) is 4.76. The summed E-state index contributed by atoms with van der Waals surface area (Å²) in [6, 6.07) is 7.72. The molecular weight excluding hydrogens is 242 g/mol. The van der Waals surface area contributed by atoms with Crippen molar-refractivity contribution in [3.05, 3.63) is 24.3 Å². The molecule has 0 radical (unpaired) electrons. The van der Waals surface area contributed by atoms with E-state index in [-0.39, 0.29) is 12.5 Å². The first-order valence-corrected chi connectivity index (χ1v) is 6.69. The largest absolute Gasteiger partial charge is 0.399 e. The lowest BCUT2D eigenvalue weighted by atomic mass is 10.2. The average Bonchev–Trinajstić information content (AvgIpc) is 3.18. The summed E-state index contributed by atoms with van der Waals surface area (Å²) in [4.78, 5) is 14.0. The number of hydrogen-bond donors (Lipinski definition) is 3. The van der Waals surface area contributed by atoms with E-state index in [1.165, 1.54) is 12.8 Å². The zero-order valence-electron chi connectivity index (χ0n) is 11.0. The number of nitrogens with zero attached hydrogens (tertiary/aromatic N) is 1. The Morgan fingerprint density at radius 3 is 2.84 bits per heavy atom. The van der Waals surface area contributed by atoms with E-state index in [9.17, 15) is 4.79 Å². The van der Waals surface area contributed by atoms with Gasteiger partial charge in [-0.15, -0.1) is 0 Å². The highest BCUT2D eigenvalue weighted by Crippen LogP contribution is 2.26. The van der Waals surface area contributed by atoms with Crippen LogP contribution in [0, 0.1) is 0 Å². The molecule has 4 N–H and O–H groups in total. The number of nitrogens with one attached hydrogen (secondary N) is 1. The van der Waals surface area contributed by atoms with Crippen molar-refractivity contribution in [1.29, 1.82) is 0 Å². The molecule has 1 aromatic carbocycles. The van der Waals surface area contributed by atoms with Crippen LogP contribution in [0.4, 0.5) is 11.4 Å². The fourth-order valence-corrected chi connectivity index (χ4v) is 2.13. The molecule has 0 aromatic heterocycles. The van der Waals surface area contributed by atoms with Gasteiger partial charge in [0.05, 0.1) is 6.61 Å². The number of carbonyl (C=O) groups excluding carboxylic acids is 1. The quantitative estimate of drug-likeness (QED) is 0.643. The highest BCUT2D eigenvalue weighted by molar-refractivity contribution is 5.91. The van der Waals surface area contributed by atoms with Gasteiger partial charge in [-0.3, -0.25) is 9.69 Å². The number of carbonyl (C=O) groups is 1. The summed E-state index contributed by atoms with van der Waals surface area (Å²) in [7, 11) is 0. The zero-order chi connectivity index (χ0) is 13.7. The summed E-state index contributed by atoms with van der Waals surface area (Å²) in [6.07, 6.45) is 2.79. The van der Waals surface area contributed by atoms with Gasteiger partial charge in [-0.05, 0) is 31.0 Å². The Morgan fingerprint density at radius 1 is 1.42 bits per heavy atom. The molecule has 1 aromatic rings. The van der Waals surface area contributed by atoms with Gasteiger partial charge in [-0.25, -0.2) is 0 Å². The van der Waals surface area contributed by atoms with Crippen molar-refractivity contribution in [2.24, 2.45) is 0 Å². The lowest BCUT2D eigenvalue weighted by molar-refractivity contribution is -0.116. The number of anilines is 2. The first kappa shape index (κ1) is 13.8. The zero-order valence-corrected chi connectivity index (χ0v) is 11.0. The molecule has 5 nitrogen and oxygen atoms in total. The second kappa shape index (κ2) is 6.54. The number of nitrogens with two attached hydrogens (primary N) is 1. The molecule has 0 unspecified atom stereocenters. The Hall–Kier alpha value is -1.59. The number of nitrogen functional groups attached to an aromatic ring is 1. The molecule has 0 bridgehead atoms. The van der Waals surface area contributed by atoms with Crippen LogP contribution in [0.15, 0.2) is 24.3 Å². The molecule has 1 aliphatic rings. The topological polar surface area (TPSA) is 78.6 Å². The summed E-state index contributed by atoms with van der Waals surface area (Å²) in [5, 5.41) is 11.8. The number of hydrogen-bond acceptors (Lipinski definition) is 4. The van der Waals surface area contributed by atoms with Gasteiger partial charge in [0, 0.05) is 36.9 Å². The summed E-state index contributed by atoms with van der Waals surface area (Å²) >= 11 is 0. The van der Waals surface area contributed by atoms with E-state index in [0.717, 1.165) is 5.69 Å². The highest BCUT2D eigenvalue weighted by atomic mass is 16.3. The van der Waals surface area contributed by atoms with Gasteiger partial charge in [0.15, 0.2) is 0 Å². The lowest BCUT2D eigenvalue weighted by Crippen LogP contribution is -2.32.